The van der Waals surface area contributed by atoms with E-state index in [0.29, 0.717) is 37.3 Å². The second kappa shape index (κ2) is 7.50. The Morgan fingerprint density at radius 2 is 1.96 bits per heavy atom. The second-order valence-electron chi connectivity index (χ2n) is 6.20. The fourth-order valence-electron chi connectivity index (χ4n) is 3.13. The number of β-amino-alcohol motifs (C(OH)–C–C–N with tert-alkyl or cyclic N) is 1. The van der Waals surface area contributed by atoms with E-state index in [1.165, 1.54) is 0 Å². The molecule has 0 saturated carbocycles. The van der Waals surface area contributed by atoms with Crippen LogP contribution >= 0.6 is 0 Å². The monoisotopic (exact) mass is 343 g/mol. The Morgan fingerprint density at radius 1 is 1.16 bits per heavy atom. The highest BCUT2D eigenvalue weighted by Crippen LogP contribution is 2.15. The van der Waals surface area contributed by atoms with Crippen LogP contribution in [-0.4, -0.2) is 69.2 Å². The number of hydrogen-bond donors (Lipinski definition) is 3. The molecule has 0 aliphatic carbocycles. The smallest absolute Gasteiger partial charge is 0.336 e. The quantitative estimate of drug-likeness (QED) is 0.770. The van der Waals surface area contributed by atoms with Crippen molar-refractivity contribution < 1.29 is 19.8 Å². The van der Waals surface area contributed by atoms with Crippen molar-refractivity contribution in [2.45, 2.75) is 12.6 Å². The van der Waals surface area contributed by atoms with Crippen molar-refractivity contribution in [3.8, 4) is 0 Å². The summed E-state index contributed by atoms with van der Waals surface area (Å²) in [6, 6.07) is 8.57. The number of aromatic amines is 1. The summed E-state index contributed by atoms with van der Waals surface area (Å²) in [5.74, 6) is -1.08. The molecule has 3 N–H and O–H groups in total. The van der Waals surface area contributed by atoms with E-state index in [-0.39, 0.29) is 18.0 Å². The molecule has 1 saturated heterocycles. The first kappa shape index (κ1) is 17.2. The van der Waals surface area contributed by atoms with Crippen molar-refractivity contribution in [3.63, 3.8) is 0 Å². The van der Waals surface area contributed by atoms with E-state index in [1.54, 1.807) is 47.6 Å². The maximum Gasteiger partial charge on any atom is 0.336 e. The number of aliphatic hydroxyl groups excluding tert-OH is 1. The molecule has 1 amide bonds. The molecule has 0 radical (unpaired) electrons. The Morgan fingerprint density at radius 3 is 2.68 bits per heavy atom. The fraction of sp³-hybridized carbons (Fsp3) is 0.333. The number of nitrogens with one attached hydrogen (secondary N) is 1. The van der Waals surface area contributed by atoms with E-state index in [0.717, 1.165) is 0 Å². The molecule has 1 aromatic heterocycles. The lowest BCUT2D eigenvalue weighted by molar-refractivity contribution is 0.0659. The number of aromatic nitrogens is 1. The number of hydrogen-bond acceptors (Lipinski definition) is 4. The molecule has 25 heavy (non-hydrogen) atoms. The van der Waals surface area contributed by atoms with Crippen molar-refractivity contribution in [2.75, 3.05) is 26.2 Å². The van der Waals surface area contributed by atoms with Gasteiger partial charge in [-0.15, -0.1) is 0 Å². The number of aliphatic hydroxyl groups is 1. The molecule has 2 heterocycles. The number of carboxylic acid groups (broad SMARTS) is 1. The minimum Gasteiger partial charge on any atom is -0.478 e. The number of carboxylic acids is 1. The van der Waals surface area contributed by atoms with Crippen LogP contribution in [0.2, 0.25) is 0 Å². The molecule has 1 atom stereocenters. The minimum atomic E-state index is -0.963. The SMILES string of the molecule is O=C(O)c1ccccc1CN1CCN(C(=O)c2cc[nH]c2)C[C@H](O)C1. The molecule has 132 valence electrons. The summed E-state index contributed by atoms with van der Waals surface area (Å²) < 4.78 is 0. The number of amides is 1. The van der Waals surface area contributed by atoms with Crippen molar-refractivity contribution in [3.05, 3.63) is 59.4 Å². The number of rotatable bonds is 4. The van der Waals surface area contributed by atoms with Crippen LogP contribution in [0.25, 0.3) is 0 Å². The van der Waals surface area contributed by atoms with E-state index >= 15 is 0 Å². The van der Waals surface area contributed by atoms with Crippen LogP contribution in [0.15, 0.2) is 42.7 Å². The van der Waals surface area contributed by atoms with E-state index in [4.69, 9.17) is 0 Å². The molecule has 0 bridgehead atoms. The van der Waals surface area contributed by atoms with Crippen LogP contribution in [0.1, 0.15) is 26.3 Å². The minimum absolute atomic E-state index is 0.118. The molecular weight excluding hydrogens is 322 g/mol. The lowest BCUT2D eigenvalue weighted by Crippen LogP contribution is -2.37. The zero-order valence-corrected chi connectivity index (χ0v) is 13.8. The number of carbonyl (C=O) groups excluding carboxylic acids is 1. The zero-order valence-electron chi connectivity index (χ0n) is 13.8. The number of aromatic carboxylic acids is 1. The Labute approximate surface area is 145 Å². The second-order valence-corrected chi connectivity index (χ2v) is 6.20. The fourth-order valence-corrected chi connectivity index (χ4v) is 3.13. The molecular formula is C18H21N3O4. The van der Waals surface area contributed by atoms with Crippen molar-refractivity contribution in [2.24, 2.45) is 0 Å². The normalized spacial score (nSPS) is 18.8. The highest BCUT2D eigenvalue weighted by Gasteiger charge is 2.26. The summed E-state index contributed by atoms with van der Waals surface area (Å²) in [7, 11) is 0. The first-order valence-electron chi connectivity index (χ1n) is 8.18. The Kier molecular flexibility index (Phi) is 5.16. The van der Waals surface area contributed by atoms with E-state index in [1.807, 2.05) is 4.90 Å². The lowest BCUT2D eigenvalue weighted by Gasteiger charge is -2.22. The molecule has 1 aliphatic heterocycles. The summed E-state index contributed by atoms with van der Waals surface area (Å²) in [6.45, 7) is 2.13. The standard InChI is InChI=1S/C18H21N3O4/c22-15-11-20(10-14-3-1-2-4-16(14)18(24)25)7-8-21(12-15)17(23)13-5-6-19-9-13/h1-6,9,15,19,22H,7-8,10-12H2,(H,24,25)/t15-/m1/s1. The molecule has 0 spiro atoms. The molecule has 2 aromatic rings. The number of benzene rings is 1. The van der Waals surface area contributed by atoms with Gasteiger partial charge in [-0.1, -0.05) is 18.2 Å². The molecule has 0 unspecified atom stereocenters. The zero-order chi connectivity index (χ0) is 17.8. The summed E-state index contributed by atoms with van der Waals surface area (Å²) in [5, 5.41) is 19.6. The van der Waals surface area contributed by atoms with Crippen LogP contribution in [-0.2, 0) is 6.54 Å². The first-order valence-corrected chi connectivity index (χ1v) is 8.18. The maximum atomic E-state index is 12.5. The van der Waals surface area contributed by atoms with Gasteiger partial charge in [0.2, 0.25) is 0 Å². The van der Waals surface area contributed by atoms with Gasteiger partial charge < -0.3 is 20.1 Å². The van der Waals surface area contributed by atoms with Crippen LogP contribution in [0, 0.1) is 0 Å². The summed E-state index contributed by atoms with van der Waals surface area (Å²) in [5.41, 5.74) is 1.53. The van der Waals surface area contributed by atoms with E-state index < -0.39 is 12.1 Å². The molecule has 7 heteroatoms. The molecule has 1 aliphatic rings. The lowest BCUT2D eigenvalue weighted by atomic mass is 10.1. The molecule has 3 rings (SSSR count). The first-order chi connectivity index (χ1) is 12.0. The topological polar surface area (TPSA) is 96.9 Å². The third-order valence-corrected chi connectivity index (χ3v) is 4.36. The largest absolute Gasteiger partial charge is 0.478 e. The van der Waals surface area contributed by atoms with Gasteiger partial charge in [-0.25, -0.2) is 4.79 Å². The van der Waals surface area contributed by atoms with Crippen LogP contribution in [0.5, 0.6) is 0 Å². The number of nitrogens with zero attached hydrogens (tertiary/aromatic N) is 2. The Balaban J connectivity index is 1.70. The third kappa shape index (κ3) is 4.07. The van der Waals surface area contributed by atoms with E-state index in [2.05, 4.69) is 4.98 Å². The highest BCUT2D eigenvalue weighted by molar-refractivity contribution is 5.94. The van der Waals surface area contributed by atoms with Crippen LogP contribution in [0.4, 0.5) is 0 Å². The maximum absolute atomic E-state index is 12.5. The van der Waals surface area contributed by atoms with Crippen molar-refractivity contribution in [1.29, 1.82) is 0 Å². The number of H-pyrrole nitrogens is 1. The third-order valence-electron chi connectivity index (χ3n) is 4.36. The van der Waals surface area contributed by atoms with Gasteiger partial charge in [0.25, 0.3) is 5.91 Å². The van der Waals surface area contributed by atoms with Crippen LogP contribution in [0.3, 0.4) is 0 Å². The van der Waals surface area contributed by atoms with Gasteiger partial charge in [0, 0.05) is 45.1 Å². The van der Waals surface area contributed by atoms with Gasteiger partial charge in [0.15, 0.2) is 0 Å². The van der Waals surface area contributed by atoms with Crippen molar-refractivity contribution in [1.82, 2.24) is 14.8 Å². The van der Waals surface area contributed by atoms with E-state index in [9.17, 15) is 19.8 Å². The average Bonchev–Trinajstić information content (AvgIpc) is 3.06. The Bertz CT molecular complexity index is 745. The van der Waals surface area contributed by atoms with Gasteiger partial charge in [0.1, 0.15) is 0 Å². The summed E-state index contributed by atoms with van der Waals surface area (Å²) in [4.78, 5) is 30.3. The molecule has 7 nitrogen and oxygen atoms in total. The van der Waals surface area contributed by atoms with Crippen LogP contribution < -0.4 is 0 Å². The van der Waals surface area contributed by atoms with Gasteiger partial charge in [0.05, 0.1) is 17.2 Å². The van der Waals surface area contributed by atoms with Crippen molar-refractivity contribution >= 4 is 11.9 Å². The van der Waals surface area contributed by atoms with Gasteiger partial charge >= 0.3 is 5.97 Å². The summed E-state index contributed by atoms with van der Waals surface area (Å²) in [6.07, 6.45) is 2.65. The predicted molar refractivity (Wildman–Crippen MR) is 91.4 cm³/mol. The highest BCUT2D eigenvalue weighted by atomic mass is 16.4. The van der Waals surface area contributed by atoms with Gasteiger partial charge in [-0.3, -0.25) is 9.69 Å². The Hall–Kier alpha value is -2.64. The predicted octanol–water partition coefficient (Wildman–Crippen LogP) is 1.03. The summed E-state index contributed by atoms with van der Waals surface area (Å²) >= 11 is 0. The molecule has 1 fully saturated rings. The average molecular weight is 343 g/mol. The van der Waals surface area contributed by atoms with Gasteiger partial charge in [-0.05, 0) is 17.7 Å². The molecule has 1 aromatic carbocycles. The number of carbonyl (C=O) groups is 2. The van der Waals surface area contributed by atoms with Gasteiger partial charge in [-0.2, -0.15) is 0 Å².